The standard InChI is InChI=1S/C22H30N2O2/c1-5-8-17-11-13-18(14-12-17)22(16(2)3)23-15-21(25)24-19-9-6-7-10-20(19)26-4/h6-7,9-14,16,22-23H,5,8,15H2,1-4H3,(H,24,25). The van der Waals surface area contributed by atoms with E-state index >= 15 is 0 Å². The summed E-state index contributed by atoms with van der Waals surface area (Å²) in [6.07, 6.45) is 2.25. The lowest BCUT2D eigenvalue weighted by molar-refractivity contribution is -0.115. The molecule has 1 amide bonds. The van der Waals surface area contributed by atoms with Crippen LogP contribution in [0, 0.1) is 5.92 Å². The first-order valence-electron chi connectivity index (χ1n) is 9.30. The zero-order valence-electron chi connectivity index (χ0n) is 16.2. The minimum Gasteiger partial charge on any atom is -0.495 e. The van der Waals surface area contributed by atoms with Crippen LogP contribution < -0.4 is 15.4 Å². The number of benzene rings is 2. The van der Waals surface area contributed by atoms with Crippen LogP contribution in [0.4, 0.5) is 5.69 Å². The number of anilines is 1. The van der Waals surface area contributed by atoms with Crippen molar-refractivity contribution in [1.82, 2.24) is 5.32 Å². The molecular formula is C22H30N2O2. The Hall–Kier alpha value is -2.33. The van der Waals surface area contributed by atoms with Crippen LogP contribution in [0.3, 0.4) is 0 Å². The van der Waals surface area contributed by atoms with E-state index in [0.29, 0.717) is 17.4 Å². The Morgan fingerprint density at radius 2 is 1.77 bits per heavy atom. The first-order valence-corrected chi connectivity index (χ1v) is 9.30. The Kier molecular flexibility index (Phi) is 7.67. The molecule has 0 aromatic heterocycles. The number of rotatable bonds is 9. The van der Waals surface area contributed by atoms with Gasteiger partial charge in [0, 0.05) is 6.04 Å². The molecule has 2 aromatic rings. The highest BCUT2D eigenvalue weighted by Crippen LogP contribution is 2.24. The molecule has 140 valence electrons. The second kappa shape index (κ2) is 9.97. The van der Waals surface area contributed by atoms with Crippen molar-refractivity contribution in [2.24, 2.45) is 5.92 Å². The summed E-state index contributed by atoms with van der Waals surface area (Å²) >= 11 is 0. The van der Waals surface area contributed by atoms with Crippen molar-refractivity contribution in [2.45, 2.75) is 39.7 Å². The van der Waals surface area contributed by atoms with Crippen LogP contribution in [-0.4, -0.2) is 19.6 Å². The molecule has 0 radical (unpaired) electrons. The molecule has 4 nitrogen and oxygen atoms in total. The van der Waals surface area contributed by atoms with Crippen LogP contribution in [0.15, 0.2) is 48.5 Å². The number of nitrogens with one attached hydrogen (secondary N) is 2. The summed E-state index contributed by atoms with van der Waals surface area (Å²) in [5.74, 6) is 0.960. The minimum atomic E-state index is -0.0808. The average Bonchev–Trinajstić information content (AvgIpc) is 2.63. The van der Waals surface area contributed by atoms with Crippen molar-refractivity contribution < 1.29 is 9.53 Å². The van der Waals surface area contributed by atoms with Crippen LogP contribution in [0.25, 0.3) is 0 Å². The third kappa shape index (κ3) is 5.60. The fraction of sp³-hybridized carbons (Fsp3) is 0.409. The molecule has 0 saturated heterocycles. The number of amides is 1. The fourth-order valence-electron chi connectivity index (χ4n) is 3.06. The Morgan fingerprint density at radius 1 is 1.08 bits per heavy atom. The number of methoxy groups -OCH3 is 1. The van der Waals surface area contributed by atoms with E-state index in [9.17, 15) is 4.79 Å². The van der Waals surface area contributed by atoms with E-state index in [1.54, 1.807) is 7.11 Å². The van der Waals surface area contributed by atoms with Crippen molar-refractivity contribution in [3.05, 3.63) is 59.7 Å². The van der Waals surface area contributed by atoms with Gasteiger partial charge >= 0.3 is 0 Å². The summed E-state index contributed by atoms with van der Waals surface area (Å²) in [5, 5.41) is 6.30. The molecule has 2 aromatic carbocycles. The lowest BCUT2D eigenvalue weighted by Crippen LogP contribution is -2.33. The van der Waals surface area contributed by atoms with Gasteiger partial charge in [0.05, 0.1) is 19.3 Å². The lowest BCUT2D eigenvalue weighted by Gasteiger charge is -2.23. The van der Waals surface area contributed by atoms with E-state index in [0.717, 1.165) is 12.8 Å². The number of carbonyl (C=O) groups excluding carboxylic acids is 1. The molecule has 0 spiro atoms. The predicted octanol–water partition coefficient (Wildman–Crippen LogP) is 4.57. The average molecular weight is 354 g/mol. The van der Waals surface area contributed by atoms with E-state index in [2.05, 4.69) is 55.7 Å². The quantitative estimate of drug-likeness (QED) is 0.693. The maximum absolute atomic E-state index is 12.3. The number of para-hydroxylation sites is 2. The summed E-state index contributed by atoms with van der Waals surface area (Å²) < 4.78 is 5.28. The van der Waals surface area contributed by atoms with Crippen LogP contribution in [0.5, 0.6) is 5.75 Å². The van der Waals surface area contributed by atoms with Crippen LogP contribution >= 0.6 is 0 Å². The first kappa shape index (κ1) is 20.0. The molecule has 2 rings (SSSR count). The van der Waals surface area contributed by atoms with Gasteiger partial charge in [-0.1, -0.05) is 63.6 Å². The highest BCUT2D eigenvalue weighted by atomic mass is 16.5. The highest BCUT2D eigenvalue weighted by Gasteiger charge is 2.17. The summed E-state index contributed by atoms with van der Waals surface area (Å²) in [6.45, 7) is 6.76. The largest absolute Gasteiger partial charge is 0.495 e. The SMILES string of the molecule is CCCc1ccc(C(NCC(=O)Nc2ccccc2OC)C(C)C)cc1. The van der Waals surface area contributed by atoms with Gasteiger partial charge in [0.25, 0.3) is 0 Å². The zero-order chi connectivity index (χ0) is 18.9. The van der Waals surface area contributed by atoms with Crippen molar-refractivity contribution in [1.29, 1.82) is 0 Å². The zero-order valence-corrected chi connectivity index (χ0v) is 16.2. The lowest BCUT2D eigenvalue weighted by atomic mass is 9.94. The molecule has 1 unspecified atom stereocenters. The molecule has 2 N–H and O–H groups in total. The van der Waals surface area contributed by atoms with Crippen molar-refractivity contribution in [3.63, 3.8) is 0 Å². The minimum absolute atomic E-state index is 0.0808. The second-order valence-corrected chi connectivity index (χ2v) is 6.84. The number of carbonyl (C=O) groups is 1. The number of hydrogen-bond donors (Lipinski definition) is 2. The van der Waals surface area contributed by atoms with E-state index < -0.39 is 0 Å². The van der Waals surface area contributed by atoms with Crippen LogP contribution in [0.2, 0.25) is 0 Å². The Labute approximate surface area is 157 Å². The highest BCUT2D eigenvalue weighted by molar-refractivity contribution is 5.93. The summed E-state index contributed by atoms with van der Waals surface area (Å²) in [7, 11) is 1.60. The van der Waals surface area contributed by atoms with Gasteiger partial charge in [-0.15, -0.1) is 0 Å². The normalized spacial score (nSPS) is 12.0. The van der Waals surface area contributed by atoms with Gasteiger partial charge in [-0.2, -0.15) is 0 Å². The monoisotopic (exact) mass is 354 g/mol. The van der Waals surface area contributed by atoms with E-state index in [1.807, 2.05) is 24.3 Å². The summed E-state index contributed by atoms with van der Waals surface area (Å²) in [5.41, 5.74) is 3.25. The molecule has 0 heterocycles. The third-order valence-electron chi connectivity index (χ3n) is 4.41. The summed E-state index contributed by atoms with van der Waals surface area (Å²) in [4.78, 5) is 12.3. The maximum atomic E-state index is 12.3. The second-order valence-electron chi connectivity index (χ2n) is 6.84. The molecule has 0 saturated carbocycles. The van der Waals surface area contributed by atoms with Gasteiger partial charge < -0.3 is 15.4 Å². The molecule has 4 heteroatoms. The Bertz CT molecular complexity index is 696. The first-order chi connectivity index (χ1) is 12.5. The molecule has 0 aliphatic heterocycles. The van der Waals surface area contributed by atoms with Gasteiger partial charge in [-0.3, -0.25) is 4.79 Å². The van der Waals surface area contributed by atoms with E-state index in [1.165, 1.54) is 11.1 Å². The Balaban J connectivity index is 1.98. The smallest absolute Gasteiger partial charge is 0.238 e. The van der Waals surface area contributed by atoms with Crippen molar-refractivity contribution in [3.8, 4) is 5.75 Å². The number of hydrogen-bond acceptors (Lipinski definition) is 3. The molecular weight excluding hydrogens is 324 g/mol. The maximum Gasteiger partial charge on any atom is 0.238 e. The van der Waals surface area contributed by atoms with Gasteiger partial charge in [-0.05, 0) is 35.6 Å². The van der Waals surface area contributed by atoms with Crippen molar-refractivity contribution in [2.75, 3.05) is 19.0 Å². The molecule has 26 heavy (non-hydrogen) atoms. The number of ether oxygens (including phenoxy) is 1. The van der Waals surface area contributed by atoms with Gasteiger partial charge in [0.1, 0.15) is 5.75 Å². The topological polar surface area (TPSA) is 50.4 Å². The summed E-state index contributed by atoms with van der Waals surface area (Å²) in [6, 6.07) is 16.3. The van der Waals surface area contributed by atoms with Crippen LogP contribution in [0.1, 0.15) is 44.4 Å². The van der Waals surface area contributed by atoms with Gasteiger partial charge in [0.15, 0.2) is 0 Å². The molecule has 0 aliphatic rings. The fourth-order valence-corrected chi connectivity index (χ4v) is 3.06. The predicted molar refractivity (Wildman–Crippen MR) is 108 cm³/mol. The van der Waals surface area contributed by atoms with Gasteiger partial charge in [-0.25, -0.2) is 0 Å². The van der Waals surface area contributed by atoms with Crippen molar-refractivity contribution >= 4 is 11.6 Å². The Morgan fingerprint density at radius 3 is 2.38 bits per heavy atom. The van der Waals surface area contributed by atoms with E-state index in [4.69, 9.17) is 4.74 Å². The molecule has 0 fully saturated rings. The molecule has 1 atom stereocenters. The van der Waals surface area contributed by atoms with E-state index in [-0.39, 0.29) is 18.5 Å². The number of aryl methyl sites for hydroxylation is 1. The molecule has 0 bridgehead atoms. The van der Waals surface area contributed by atoms with Crippen LogP contribution in [-0.2, 0) is 11.2 Å². The third-order valence-corrected chi connectivity index (χ3v) is 4.41. The molecule has 0 aliphatic carbocycles. The van der Waals surface area contributed by atoms with Gasteiger partial charge in [0.2, 0.25) is 5.91 Å².